The first kappa shape index (κ1) is 41.5. The summed E-state index contributed by atoms with van der Waals surface area (Å²) < 4.78 is 0. The second-order valence-corrected chi connectivity index (χ2v) is 11.9. The smallest absolute Gasteiger partial charge is 0.303 e. The first-order valence-corrected chi connectivity index (χ1v) is 17.8. The number of aliphatic hydroxyl groups excluding tert-OH is 2. The zero-order valence-electron chi connectivity index (χ0n) is 27.3. The van der Waals surface area contributed by atoms with Gasteiger partial charge in [0.05, 0.1) is 13.2 Å². The Hall–Kier alpha value is -0.650. The van der Waals surface area contributed by atoms with Crippen LogP contribution in [0.5, 0.6) is 0 Å². The van der Waals surface area contributed by atoms with Crippen molar-refractivity contribution in [1.82, 2.24) is 4.90 Å². The molecular weight excluding hydrogens is 498 g/mol. The summed E-state index contributed by atoms with van der Waals surface area (Å²) in [6.07, 6.45) is 35.2. The number of rotatable bonds is 32. The number of aliphatic hydroxyl groups is 2. The highest BCUT2D eigenvalue weighted by Gasteiger charge is 2.02. The number of hydrogen-bond acceptors (Lipinski definition) is 4. The zero-order valence-corrected chi connectivity index (χ0v) is 27.3. The minimum atomic E-state index is -0.654. The molecule has 0 atom stereocenters. The van der Waals surface area contributed by atoms with Crippen LogP contribution in [-0.4, -0.2) is 59.0 Å². The van der Waals surface area contributed by atoms with E-state index in [0.29, 0.717) is 19.5 Å². The average molecular weight is 572 g/mol. The first-order chi connectivity index (χ1) is 19.6. The van der Waals surface area contributed by atoms with Gasteiger partial charge in [-0.3, -0.25) is 9.69 Å². The molecule has 0 aliphatic heterocycles. The van der Waals surface area contributed by atoms with Crippen molar-refractivity contribution in [3.8, 4) is 0 Å². The summed E-state index contributed by atoms with van der Waals surface area (Å²) in [6, 6.07) is 0. The molecule has 0 rings (SSSR count). The van der Waals surface area contributed by atoms with Crippen LogP contribution in [0.4, 0.5) is 0 Å². The average Bonchev–Trinajstić information content (AvgIpc) is 2.94. The Morgan fingerprint density at radius 1 is 0.425 bits per heavy atom. The van der Waals surface area contributed by atoms with Crippen molar-refractivity contribution in [1.29, 1.82) is 0 Å². The number of carboxylic acids is 1. The van der Waals surface area contributed by atoms with Gasteiger partial charge in [0.25, 0.3) is 0 Å². The summed E-state index contributed by atoms with van der Waals surface area (Å²) >= 11 is 0. The van der Waals surface area contributed by atoms with Gasteiger partial charge in [-0.05, 0) is 19.4 Å². The van der Waals surface area contributed by atoms with Crippen molar-refractivity contribution in [2.45, 2.75) is 187 Å². The van der Waals surface area contributed by atoms with E-state index in [2.05, 4.69) is 18.7 Å². The lowest BCUT2D eigenvalue weighted by atomic mass is 10.0. The summed E-state index contributed by atoms with van der Waals surface area (Å²) in [4.78, 5) is 12.5. The van der Waals surface area contributed by atoms with Gasteiger partial charge < -0.3 is 15.3 Å². The molecule has 242 valence electrons. The Balaban J connectivity index is 0. The highest BCUT2D eigenvalue weighted by Crippen LogP contribution is 2.14. The van der Waals surface area contributed by atoms with Crippen LogP contribution in [0.25, 0.3) is 0 Å². The summed E-state index contributed by atoms with van der Waals surface area (Å²) in [5.41, 5.74) is 0. The Kier molecular flexibility index (Phi) is 39.8. The van der Waals surface area contributed by atoms with Crippen LogP contribution in [0.2, 0.25) is 0 Å². The maximum atomic E-state index is 10.3. The van der Waals surface area contributed by atoms with E-state index in [1.54, 1.807) is 0 Å². The minimum Gasteiger partial charge on any atom is -0.481 e. The van der Waals surface area contributed by atoms with Gasteiger partial charge in [-0.25, -0.2) is 0 Å². The largest absolute Gasteiger partial charge is 0.481 e. The van der Waals surface area contributed by atoms with Crippen LogP contribution in [-0.2, 0) is 4.79 Å². The molecule has 0 aromatic carbocycles. The van der Waals surface area contributed by atoms with Crippen LogP contribution in [0.1, 0.15) is 187 Å². The second kappa shape index (κ2) is 38.4. The SMILES string of the molecule is CCCCCCCCCCCCCCCCC(=O)O.CCCCCCCCCCCCCCN(CCO)CCO. The monoisotopic (exact) mass is 572 g/mol. The van der Waals surface area contributed by atoms with Crippen LogP contribution in [0.3, 0.4) is 0 Å². The molecule has 0 unspecified atom stereocenters. The van der Waals surface area contributed by atoms with Crippen molar-refractivity contribution in [2.75, 3.05) is 32.8 Å². The second-order valence-electron chi connectivity index (χ2n) is 11.9. The molecule has 0 aliphatic rings. The van der Waals surface area contributed by atoms with Crippen molar-refractivity contribution >= 4 is 5.97 Å². The molecule has 0 radical (unpaired) electrons. The molecule has 0 amide bonds. The van der Waals surface area contributed by atoms with E-state index < -0.39 is 5.97 Å². The third-order valence-corrected chi connectivity index (χ3v) is 7.90. The van der Waals surface area contributed by atoms with E-state index in [0.717, 1.165) is 19.4 Å². The Labute approximate surface area is 250 Å². The van der Waals surface area contributed by atoms with Crippen LogP contribution in [0.15, 0.2) is 0 Å². The van der Waals surface area contributed by atoms with Crippen molar-refractivity contribution in [3.63, 3.8) is 0 Å². The van der Waals surface area contributed by atoms with Gasteiger partial charge in [0.1, 0.15) is 0 Å². The normalized spacial score (nSPS) is 11.1. The first-order valence-electron chi connectivity index (χ1n) is 17.8. The molecule has 5 heteroatoms. The number of nitrogens with zero attached hydrogens (tertiary/aromatic N) is 1. The van der Waals surface area contributed by atoms with Gasteiger partial charge in [0.2, 0.25) is 0 Å². The van der Waals surface area contributed by atoms with Gasteiger partial charge in [-0.1, -0.05) is 168 Å². The van der Waals surface area contributed by atoms with E-state index in [4.69, 9.17) is 15.3 Å². The van der Waals surface area contributed by atoms with E-state index in [-0.39, 0.29) is 13.2 Å². The van der Waals surface area contributed by atoms with E-state index in [1.807, 2.05) is 0 Å². The molecule has 0 fully saturated rings. The topological polar surface area (TPSA) is 81.0 Å². The molecule has 0 heterocycles. The van der Waals surface area contributed by atoms with E-state index >= 15 is 0 Å². The predicted molar refractivity (Wildman–Crippen MR) is 174 cm³/mol. The van der Waals surface area contributed by atoms with Crippen molar-refractivity contribution in [2.24, 2.45) is 0 Å². The molecule has 0 spiro atoms. The zero-order chi connectivity index (χ0) is 29.8. The van der Waals surface area contributed by atoms with Gasteiger partial charge in [-0.15, -0.1) is 0 Å². The number of unbranched alkanes of at least 4 members (excludes halogenated alkanes) is 24. The highest BCUT2D eigenvalue weighted by atomic mass is 16.4. The van der Waals surface area contributed by atoms with Gasteiger partial charge in [-0.2, -0.15) is 0 Å². The maximum absolute atomic E-state index is 10.3. The van der Waals surface area contributed by atoms with Gasteiger partial charge >= 0.3 is 5.97 Å². The molecule has 0 saturated carbocycles. The van der Waals surface area contributed by atoms with Crippen LogP contribution in [0, 0.1) is 0 Å². The Morgan fingerprint density at radius 2 is 0.700 bits per heavy atom. The van der Waals surface area contributed by atoms with Crippen molar-refractivity contribution < 1.29 is 20.1 Å². The van der Waals surface area contributed by atoms with E-state index in [1.165, 1.54) is 154 Å². The molecular formula is C35H73NO4. The van der Waals surface area contributed by atoms with E-state index in [9.17, 15) is 4.79 Å². The lowest BCUT2D eigenvalue weighted by Gasteiger charge is -2.19. The number of aliphatic carboxylic acids is 1. The third kappa shape index (κ3) is 39.5. The number of hydrogen-bond donors (Lipinski definition) is 3. The minimum absolute atomic E-state index is 0.193. The van der Waals surface area contributed by atoms with Crippen LogP contribution < -0.4 is 0 Å². The summed E-state index contributed by atoms with van der Waals surface area (Å²) in [6.45, 7) is 7.32. The fourth-order valence-corrected chi connectivity index (χ4v) is 5.27. The van der Waals surface area contributed by atoms with Crippen molar-refractivity contribution in [3.05, 3.63) is 0 Å². The molecule has 0 saturated heterocycles. The Morgan fingerprint density at radius 3 is 0.975 bits per heavy atom. The molecule has 0 bridgehead atoms. The molecule has 5 nitrogen and oxygen atoms in total. The van der Waals surface area contributed by atoms with Crippen LogP contribution >= 0.6 is 0 Å². The summed E-state index contributed by atoms with van der Waals surface area (Å²) in [5.74, 6) is -0.654. The Bertz CT molecular complexity index is 455. The highest BCUT2D eigenvalue weighted by molar-refractivity contribution is 5.66. The fraction of sp³-hybridized carbons (Fsp3) is 0.971. The van der Waals surface area contributed by atoms with Gasteiger partial charge in [0.15, 0.2) is 0 Å². The third-order valence-electron chi connectivity index (χ3n) is 7.90. The quantitative estimate of drug-likeness (QED) is 0.0700. The molecule has 0 aromatic heterocycles. The van der Waals surface area contributed by atoms with Gasteiger partial charge in [0, 0.05) is 19.5 Å². The summed E-state index contributed by atoms with van der Waals surface area (Å²) in [5, 5.41) is 26.4. The summed E-state index contributed by atoms with van der Waals surface area (Å²) in [7, 11) is 0. The molecule has 0 aliphatic carbocycles. The lowest BCUT2D eigenvalue weighted by molar-refractivity contribution is -0.137. The predicted octanol–water partition coefficient (Wildman–Crippen LogP) is 9.92. The molecule has 40 heavy (non-hydrogen) atoms. The lowest BCUT2D eigenvalue weighted by Crippen LogP contribution is -2.30. The molecule has 3 N–H and O–H groups in total. The number of carboxylic acid groups (broad SMARTS) is 1. The maximum Gasteiger partial charge on any atom is 0.303 e. The standard InChI is InChI=1S/C18H39NO2.C17H34O2/c1-2-3-4-5-6-7-8-9-10-11-12-13-14-19(15-17-20)16-18-21;1-2-3-4-5-6-7-8-9-10-11-12-13-14-15-16-17(18)19/h20-21H,2-18H2,1H3;2-16H2,1H3,(H,18,19). The molecule has 0 aromatic rings. The number of carbonyl (C=O) groups is 1. The fourth-order valence-electron chi connectivity index (χ4n) is 5.27.